The summed E-state index contributed by atoms with van der Waals surface area (Å²) in [5.74, 6) is 1.52. The molecule has 0 N–H and O–H groups in total. The Kier molecular flexibility index (Phi) is 7.41. The molecule has 0 saturated heterocycles. The Hall–Kier alpha value is -3.61. The zero-order valence-corrected chi connectivity index (χ0v) is 26.2. The van der Waals surface area contributed by atoms with Gasteiger partial charge in [0.05, 0.1) is 29.1 Å². The van der Waals surface area contributed by atoms with E-state index >= 15 is 0 Å². The van der Waals surface area contributed by atoms with E-state index in [0.717, 1.165) is 45.2 Å². The molecule has 0 spiro atoms. The van der Waals surface area contributed by atoms with Gasteiger partial charge < -0.3 is 14.4 Å². The van der Waals surface area contributed by atoms with Gasteiger partial charge in [-0.2, -0.15) is 5.10 Å². The molecule has 0 aliphatic carbocycles. The zero-order chi connectivity index (χ0) is 29.7. The number of hydrogen-bond donors (Lipinski definition) is 0. The van der Waals surface area contributed by atoms with Crippen LogP contribution in [-0.2, 0) is 7.05 Å². The molecule has 4 aromatic rings. The summed E-state index contributed by atoms with van der Waals surface area (Å²) in [6, 6.07) is 12.5. The fourth-order valence-corrected chi connectivity index (χ4v) is 4.47. The molecule has 7 heteroatoms. The molecule has 0 amide bonds. The van der Waals surface area contributed by atoms with Crippen molar-refractivity contribution in [3.8, 4) is 22.8 Å². The number of hydrogen-bond acceptors (Lipinski definition) is 6. The first kappa shape index (κ1) is 29.4. The fraction of sp³-hybridized carbons (Fsp3) is 0.485. The largest absolute Gasteiger partial charge is 0.488 e. The lowest BCUT2D eigenvalue weighted by Gasteiger charge is -2.49. The number of benzene rings is 2. The van der Waals surface area contributed by atoms with Crippen LogP contribution in [0.25, 0.3) is 22.3 Å². The molecule has 4 rings (SSSR count). The number of rotatable bonds is 6. The lowest BCUT2D eigenvalue weighted by molar-refractivity contribution is 0.121. The lowest BCUT2D eigenvalue weighted by Crippen LogP contribution is -2.50. The van der Waals surface area contributed by atoms with E-state index in [2.05, 4.69) is 110 Å². The molecule has 7 nitrogen and oxygen atoms in total. The average Bonchev–Trinajstić information content (AvgIpc) is 3.21. The predicted octanol–water partition coefficient (Wildman–Crippen LogP) is 8.35. The van der Waals surface area contributed by atoms with Crippen molar-refractivity contribution in [1.82, 2.24) is 19.7 Å². The van der Waals surface area contributed by atoms with Crippen molar-refractivity contribution in [3.63, 3.8) is 0 Å². The number of anilines is 2. The predicted molar refractivity (Wildman–Crippen MR) is 165 cm³/mol. The molecule has 0 unspecified atom stereocenters. The van der Waals surface area contributed by atoms with Crippen LogP contribution in [0, 0.1) is 5.41 Å². The van der Waals surface area contributed by atoms with Crippen molar-refractivity contribution in [2.45, 2.75) is 92.9 Å². The number of aryl methyl sites for hydroxylation is 1. The summed E-state index contributed by atoms with van der Waals surface area (Å²) in [6.07, 6.45) is 5.57. The molecule has 0 aliphatic rings. The third kappa shape index (κ3) is 6.57. The van der Waals surface area contributed by atoms with E-state index in [9.17, 15) is 0 Å². The lowest BCUT2D eigenvalue weighted by atomic mass is 9.74. The van der Waals surface area contributed by atoms with Gasteiger partial charge in [0.25, 0.3) is 0 Å². The first-order chi connectivity index (χ1) is 18.3. The average molecular weight is 544 g/mol. The van der Waals surface area contributed by atoms with Crippen LogP contribution in [0.15, 0.2) is 55.0 Å². The van der Waals surface area contributed by atoms with Gasteiger partial charge in [0.1, 0.15) is 22.7 Å². The summed E-state index contributed by atoms with van der Waals surface area (Å²) in [6.45, 7) is 23.7. The first-order valence-electron chi connectivity index (χ1n) is 13.9. The Morgan fingerprint density at radius 2 is 1.30 bits per heavy atom. The topological polar surface area (TPSA) is 65.3 Å². The molecule has 2 heterocycles. The second-order valence-corrected chi connectivity index (χ2v) is 14.1. The van der Waals surface area contributed by atoms with Crippen LogP contribution in [0.1, 0.15) is 76.2 Å². The highest BCUT2D eigenvalue weighted by Gasteiger charge is 2.40. The quantitative estimate of drug-likeness (QED) is 0.243. The second-order valence-electron chi connectivity index (χ2n) is 14.1. The molecule has 0 fully saturated rings. The third-order valence-electron chi connectivity index (χ3n) is 7.15. The van der Waals surface area contributed by atoms with Gasteiger partial charge in [0.2, 0.25) is 0 Å². The summed E-state index contributed by atoms with van der Waals surface area (Å²) < 4.78 is 14.5. The summed E-state index contributed by atoms with van der Waals surface area (Å²) in [5.41, 5.74) is 4.27. The molecule has 2 aromatic carbocycles. The van der Waals surface area contributed by atoms with Crippen molar-refractivity contribution < 1.29 is 9.47 Å². The van der Waals surface area contributed by atoms with E-state index in [1.54, 1.807) is 10.9 Å². The van der Waals surface area contributed by atoms with Crippen LogP contribution in [0.2, 0.25) is 0 Å². The van der Waals surface area contributed by atoms with Gasteiger partial charge >= 0.3 is 0 Å². The van der Waals surface area contributed by atoms with Gasteiger partial charge in [-0.25, -0.2) is 4.98 Å². The summed E-state index contributed by atoms with van der Waals surface area (Å²) >= 11 is 0. The van der Waals surface area contributed by atoms with E-state index in [1.807, 2.05) is 31.6 Å². The Morgan fingerprint density at radius 3 is 1.80 bits per heavy atom. The van der Waals surface area contributed by atoms with Gasteiger partial charge in [-0.15, -0.1) is 0 Å². The monoisotopic (exact) mass is 543 g/mol. The van der Waals surface area contributed by atoms with Gasteiger partial charge in [0, 0.05) is 53.9 Å². The Labute approximate surface area is 239 Å². The highest BCUT2D eigenvalue weighted by Crippen LogP contribution is 2.46. The van der Waals surface area contributed by atoms with E-state index < -0.39 is 0 Å². The zero-order valence-electron chi connectivity index (χ0n) is 26.2. The molecule has 214 valence electrons. The minimum atomic E-state index is -0.358. The standard InChI is InChI=1S/C33H45N5O2/c1-30(2,3)33(10,11)38(24-15-25(39-31(4,5)6)18-26(16-24)40-32(7,8)9)23-13-14-27-28(17-23)36-29(20-34-27)22-19-35-37(12)21-22/h13-21H,1-12H3. The molecule has 0 atom stereocenters. The molecule has 0 saturated carbocycles. The maximum Gasteiger partial charge on any atom is 0.125 e. The molecule has 0 bridgehead atoms. The van der Waals surface area contributed by atoms with Crippen LogP contribution < -0.4 is 14.4 Å². The summed E-state index contributed by atoms with van der Waals surface area (Å²) in [7, 11) is 1.90. The summed E-state index contributed by atoms with van der Waals surface area (Å²) in [5, 5.41) is 4.30. The maximum atomic E-state index is 6.38. The second kappa shape index (κ2) is 10.1. The van der Waals surface area contributed by atoms with Crippen LogP contribution in [-0.4, -0.2) is 36.5 Å². The molecule has 2 aromatic heterocycles. The molecule has 0 aliphatic heterocycles. The maximum absolute atomic E-state index is 6.38. The number of aromatic nitrogens is 4. The fourth-order valence-electron chi connectivity index (χ4n) is 4.47. The van der Waals surface area contributed by atoms with Crippen molar-refractivity contribution in [2.24, 2.45) is 12.5 Å². The number of fused-ring (bicyclic) bond motifs is 1. The highest BCUT2D eigenvalue weighted by atomic mass is 16.5. The Balaban J connectivity index is 1.93. The van der Waals surface area contributed by atoms with E-state index in [0.29, 0.717) is 0 Å². The van der Waals surface area contributed by atoms with Gasteiger partial charge in [0.15, 0.2) is 0 Å². The highest BCUT2D eigenvalue weighted by molar-refractivity contribution is 5.83. The summed E-state index contributed by atoms with van der Waals surface area (Å²) in [4.78, 5) is 12.1. The minimum absolute atomic E-state index is 0.0862. The number of ether oxygens (including phenoxy) is 2. The van der Waals surface area contributed by atoms with Crippen LogP contribution in [0.4, 0.5) is 11.4 Å². The molecule has 0 radical (unpaired) electrons. The molecular weight excluding hydrogens is 498 g/mol. The van der Waals surface area contributed by atoms with Crippen molar-refractivity contribution in [2.75, 3.05) is 4.90 Å². The number of nitrogens with zero attached hydrogens (tertiary/aromatic N) is 5. The van der Waals surface area contributed by atoms with Crippen molar-refractivity contribution in [1.29, 1.82) is 0 Å². The van der Waals surface area contributed by atoms with Crippen molar-refractivity contribution >= 4 is 22.4 Å². The Morgan fingerprint density at radius 1 is 0.700 bits per heavy atom. The molecular formula is C33H45N5O2. The van der Waals surface area contributed by atoms with Gasteiger partial charge in [-0.05, 0) is 79.0 Å². The van der Waals surface area contributed by atoms with Crippen LogP contribution in [0.5, 0.6) is 11.5 Å². The smallest absolute Gasteiger partial charge is 0.125 e. The Bertz CT molecular complexity index is 1470. The molecule has 40 heavy (non-hydrogen) atoms. The SMILES string of the molecule is Cn1cc(-c2cnc3ccc(N(c4cc(OC(C)(C)C)cc(OC(C)(C)C)c4)C(C)(C)C(C)(C)C)cc3n2)cn1. The van der Waals surface area contributed by atoms with Crippen LogP contribution >= 0.6 is 0 Å². The van der Waals surface area contributed by atoms with E-state index in [1.165, 1.54) is 0 Å². The van der Waals surface area contributed by atoms with Crippen LogP contribution in [0.3, 0.4) is 0 Å². The van der Waals surface area contributed by atoms with E-state index in [4.69, 9.17) is 19.4 Å². The van der Waals surface area contributed by atoms with Gasteiger partial charge in [-0.1, -0.05) is 20.8 Å². The van der Waals surface area contributed by atoms with Crippen molar-refractivity contribution in [3.05, 3.63) is 55.0 Å². The van der Waals surface area contributed by atoms with Gasteiger partial charge in [-0.3, -0.25) is 9.67 Å². The first-order valence-corrected chi connectivity index (χ1v) is 13.9. The minimum Gasteiger partial charge on any atom is -0.488 e. The normalized spacial score (nSPS) is 13.0. The van der Waals surface area contributed by atoms with E-state index in [-0.39, 0.29) is 22.2 Å². The third-order valence-corrected chi connectivity index (χ3v) is 7.15.